The Hall–Kier alpha value is -1.29. The second-order valence-electron chi connectivity index (χ2n) is 2.84. The molecular formula is C10H10ClFO3. The van der Waals surface area contributed by atoms with Crippen LogP contribution in [0, 0.1) is 5.82 Å². The van der Waals surface area contributed by atoms with Crippen LogP contribution in [0.1, 0.15) is 17.3 Å². The van der Waals surface area contributed by atoms with E-state index in [-0.39, 0.29) is 22.1 Å². The van der Waals surface area contributed by atoms with E-state index in [4.69, 9.17) is 21.1 Å². The summed E-state index contributed by atoms with van der Waals surface area (Å²) in [6.45, 7) is 1.25. The van der Waals surface area contributed by atoms with Crippen LogP contribution in [0.2, 0.25) is 5.02 Å². The Morgan fingerprint density at radius 2 is 2.00 bits per heavy atom. The lowest BCUT2D eigenvalue weighted by molar-refractivity contribution is 0.101. The number of Topliss-reactive ketones (excluding diaryl/α,β-unsaturated/α-hetero) is 1. The fourth-order valence-corrected chi connectivity index (χ4v) is 1.46. The Kier molecular flexibility index (Phi) is 3.52. The van der Waals surface area contributed by atoms with Gasteiger partial charge in [0.25, 0.3) is 0 Å². The standard InChI is InChI=1S/C10H10ClFO3/c1-5(13)6-4-7(14-2)10(15-3)8(11)9(6)12/h4H,1-3H3. The number of benzene rings is 1. The van der Waals surface area contributed by atoms with E-state index >= 15 is 0 Å². The molecule has 15 heavy (non-hydrogen) atoms. The molecule has 0 N–H and O–H groups in total. The maximum Gasteiger partial charge on any atom is 0.182 e. The van der Waals surface area contributed by atoms with Crippen molar-refractivity contribution in [2.24, 2.45) is 0 Å². The van der Waals surface area contributed by atoms with Crippen LogP contribution in [0.15, 0.2) is 6.07 Å². The lowest BCUT2D eigenvalue weighted by Crippen LogP contribution is -2.02. The van der Waals surface area contributed by atoms with Gasteiger partial charge in [0.1, 0.15) is 5.02 Å². The summed E-state index contributed by atoms with van der Waals surface area (Å²) >= 11 is 5.69. The number of rotatable bonds is 3. The molecule has 0 aliphatic heterocycles. The van der Waals surface area contributed by atoms with Crippen LogP contribution in [0.4, 0.5) is 4.39 Å². The number of methoxy groups -OCH3 is 2. The summed E-state index contributed by atoms with van der Waals surface area (Å²) in [7, 11) is 2.73. The average Bonchev–Trinajstić information content (AvgIpc) is 2.21. The van der Waals surface area contributed by atoms with Crippen molar-refractivity contribution in [2.45, 2.75) is 6.92 Å². The van der Waals surface area contributed by atoms with Crippen LogP contribution >= 0.6 is 11.6 Å². The first kappa shape index (κ1) is 11.8. The van der Waals surface area contributed by atoms with Gasteiger partial charge in [0.15, 0.2) is 23.1 Å². The number of ether oxygens (including phenoxy) is 2. The lowest BCUT2D eigenvalue weighted by Gasteiger charge is -2.11. The molecular weight excluding hydrogens is 223 g/mol. The number of hydrogen-bond donors (Lipinski definition) is 0. The van der Waals surface area contributed by atoms with Gasteiger partial charge in [-0.05, 0) is 13.0 Å². The van der Waals surface area contributed by atoms with Crippen LogP contribution < -0.4 is 9.47 Å². The number of carbonyl (C=O) groups is 1. The van der Waals surface area contributed by atoms with E-state index in [1.54, 1.807) is 0 Å². The third-order valence-corrected chi connectivity index (χ3v) is 2.27. The molecule has 0 unspecified atom stereocenters. The molecule has 1 rings (SSSR count). The minimum atomic E-state index is -0.790. The van der Waals surface area contributed by atoms with Gasteiger partial charge >= 0.3 is 0 Å². The SMILES string of the molecule is COc1cc(C(C)=O)c(F)c(Cl)c1OC. The fraction of sp³-hybridized carbons (Fsp3) is 0.300. The first-order valence-corrected chi connectivity index (χ1v) is 4.51. The fourth-order valence-electron chi connectivity index (χ4n) is 1.18. The first-order chi connectivity index (χ1) is 7.02. The molecule has 1 aromatic carbocycles. The third kappa shape index (κ3) is 2.04. The minimum Gasteiger partial charge on any atom is -0.493 e. The van der Waals surface area contributed by atoms with Gasteiger partial charge < -0.3 is 9.47 Å². The molecule has 0 bridgehead atoms. The monoisotopic (exact) mass is 232 g/mol. The zero-order valence-corrected chi connectivity index (χ0v) is 9.31. The van der Waals surface area contributed by atoms with Crippen molar-refractivity contribution < 1.29 is 18.7 Å². The van der Waals surface area contributed by atoms with E-state index in [0.29, 0.717) is 0 Å². The molecule has 0 spiro atoms. The Bertz CT molecular complexity index is 404. The van der Waals surface area contributed by atoms with Gasteiger partial charge in [-0.1, -0.05) is 11.6 Å². The van der Waals surface area contributed by atoms with Crippen LogP contribution in [0.3, 0.4) is 0 Å². The highest BCUT2D eigenvalue weighted by atomic mass is 35.5. The molecule has 5 heteroatoms. The topological polar surface area (TPSA) is 35.5 Å². The Morgan fingerprint density at radius 1 is 1.40 bits per heavy atom. The third-order valence-electron chi connectivity index (χ3n) is 1.93. The van der Waals surface area contributed by atoms with E-state index in [2.05, 4.69) is 0 Å². The van der Waals surface area contributed by atoms with Crippen LogP contribution in [-0.2, 0) is 0 Å². The van der Waals surface area contributed by atoms with E-state index in [9.17, 15) is 9.18 Å². The Balaban J connectivity index is 3.49. The molecule has 0 saturated carbocycles. The van der Waals surface area contributed by atoms with Crippen molar-refractivity contribution in [2.75, 3.05) is 14.2 Å². The maximum absolute atomic E-state index is 13.5. The van der Waals surface area contributed by atoms with E-state index in [0.717, 1.165) is 0 Å². The summed E-state index contributed by atoms with van der Waals surface area (Å²) in [5.74, 6) is -0.895. The van der Waals surface area contributed by atoms with Gasteiger partial charge in [-0.25, -0.2) is 4.39 Å². The quantitative estimate of drug-likeness (QED) is 0.752. The molecule has 0 atom stereocenters. The van der Waals surface area contributed by atoms with E-state index < -0.39 is 11.6 Å². The summed E-state index contributed by atoms with van der Waals surface area (Å²) in [5.41, 5.74) is -0.113. The molecule has 0 fully saturated rings. The highest BCUT2D eigenvalue weighted by Crippen LogP contribution is 2.38. The predicted octanol–water partition coefficient (Wildman–Crippen LogP) is 2.70. The normalized spacial score (nSPS) is 9.93. The van der Waals surface area contributed by atoms with Gasteiger partial charge in [0.05, 0.1) is 19.8 Å². The molecule has 82 valence electrons. The summed E-state index contributed by atoms with van der Waals surface area (Å²) in [4.78, 5) is 11.1. The van der Waals surface area contributed by atoms with Gasteiger partial charge in [-0.2, -0.15) is 0 Å². The average molecular weight is 233 g/mol. The van der Waals surface area contributed by atoms with Crippen molar-refractivity contribution in [1.29, 1.82) is 0 Å². The summed E-state index contributed by atoms with van der Waals surface area (Å²) < 4.78 is 23.3. The largest absolute Gasteiger partial charge is 0.493 e. The first-order valence-electron chi connectivity index (χ1n) is 4.13. The van der Waals surface area contributed by atoms with Crippen molar-refractivity contribution in [3.8, 4) is 11.5 Å². The number of carbonyl (C=O) groups excluding carboxylic acids is 1. The Labute approximate surface area is 91.7 Å². The van der Waals surface area contributed by atoms with Gasteiger partial charge in [-0.15, -0.1) is 0 Å². The molecule has 1 aromatic rings. The molecule has 3 nitrogen and oxygen atoms in total. The molecule has 0 radical (unpaired) electrons. The molecule has 0 saturated heterocycles. The number of ketones is 1. The van der Waals surface area contributed by atoms with Gasteiger partial charge in [0.2, 0.25) is 0 Å². The van der Waals surface area contributed by atoms with Crippen molar-refractivity contribution in [3.05, 3.63) is 22.5 Å². The number of hydrogen-bond acceptors (Lipinski definition) is 3. The van der Waals surface area contributed by atoms with E-state index in [1.807, 2.05) is 0 Å². The molecule has 0 aliphatic rings. The van der Waals surface area contributed by atoms with E-state index in [1.165, 1.54) is 27.2 Å². The minimum absolute atomic E-state index is 0.0849. The summed E-state index contributed by atoms with van der Waals surface area (Å²) in [6, 6.07) is 1.27. The highest BCUT2D eigenvalue weighted by molar-refractivity contribution is 6.33. The zero-order chi connectivity index (χ0) is 11.6. The smallest absolute Gasteiger partial charge is 0.182 e. The van der Waals surface area contributed by atoms with Crippen molar-refractivity contribution >= 4 is 17.4 Å². The Morgan fingerprint density at radius 3 is 2.40 bits per heavy atom. The van der Waals surface area contributed by atoms with Crippen molar-refractivity contribution in [3.63, 3.8) is 0 Å². The maximum atomic E-state index is 13.5. The predicted molar refractivity (Wildman–Crippen MR) is 54.5 cm³/mol. The molecule has 0 aromatic heterocycles. The lowest BCUT2D eigenvalue weighted by atomic mass is 10.1. The van der Waals surface area contributed by atoms with Gasteiger partial charge in [-0.3, -0.25) is 4.79 Å². The van der Waals surface area contributed by atoms with Gasteiger partial charge in [0, 0.05) is 0 Å². The second kappa shape index (κ2) is 4.49. The highest BCUT2D eigenvalue weighted by Gasteiger charge is 2.20. The van der Waals surface area contributed by atoms with Crippen molar-refractivity contribution in [1.82, 2.24) is 0 Å². The molecule has 0 aliphatic carbocycles. The summed E-state index contributed by atoms with van der Waals surface area (Å²) in [6.07, 6.45) is 0. The van der Waals surface area contributed by atoms with Crippen LogP contribution in [0.25, 0.3) is 0 Å². The summed E-state index contributed by atoms with van der Waals surface area (Å²) in [5, 5.41) is -0.248. The molecule has 0 heterocycles. The van der Waals surface area contributed by atoms with Crippen LogP contribution in [-0.4, -0.2) is 20.0 Å². The number of halogens is 2. The zero-order valence-electron chi connectivity index (χ0n) is 8.56. The molecule has 0 amide bonds. The second-order valence-corrected chi connectivity index (χ2v) is 3.22. The van der Waals surface area contributed by atoms with Crippen LogP contribution in [0.5, 0.6) is 11.5 Å².